The lowest BCUT2D eigenvalue weighted by atomic mass is 9.86. The summed E-state index contributed by atoms with van der Waals surface area (Å²) in [5.41, 5.74) is 3.83. The minimum Gasteiger partial charge on any atom is -0.329 e. The fraction of sp³-hybridized carbons (Fsp3) is 0.438. The molecule has 1 aromatic carbocycles. The summed E-state index contributed by atoms with van der Waals surface area (Å²) in [7, 11) is 3.98. The monoisotopic (exact) mass is 335 g/mol. The van der Waals surface area contributed by atoms with E-state index < -0.39 is 0 Å². The average Bonchev–Trinajstić information content (AvgIpc) is 2.64. The van der Waals surface area contributed by atoms with Gasteiger partial charge in [-0.1, -0.05) is 45.0 Å². The number of nitrogens with one attached hydrogen (secondary N) is 1. The Labute approximate surface area is 129 Å². The van der Waals surface area contributed by atoms with Crippen LogP contribution in [0, 0.1) is 0 Å². The molecule has 0 bridgehead atoms. The summed E-state index contributed by atoms with van der Waals surface area (Å²) in [6.45, 7) is 7.45. The lowest BCUT2D eigenvalue weighted by molar-refractivity contribution is 0.590. The number of halogens is 1. The first-order chi connectivity index (χ1) is 9.34. The predicted molar refractivity (Wildman–Crippen MR) is 87.8 cm³/mol. The van der Waals surface area contributed by atoms with E-state index in [9.17, 15) is 0 Å². The van der Waals surface area contributed by atoms with Gasteiger partial charge in [-0.25, -0.2) is 4.98 Å². The zero-order chi connectivity index (χ0) is 14.9. The highest BCUT2D eigenvalue weighted by Gasteiger charge is 2.16. The largest absolute Gasteiger partial charge is 0.329 e. The van der Waals surface area contributed by atoms with Crippen LogP contribution in [0.15, 0.2) is 28.9 Å². The van der Waals surface area contributed by atoms with Crippen LogP contribution in [0.5, 0.6) is 0 Å². The molecule has 0 aliphatic rings. The predicted octanol–water partition coefficient (Wildman–Crippen LogP) is 3.87. The van der Waals surface area contributed by atoms with Gasteiger partial charge in [-0.3, -0.25) is 0 Å². The number of nitrogens with zero attached hydrogens (tertiary/aromatic N) is 2. The molecule has 108 valence electrons. The molecule has 2 aromatic rings. The van der Waals surface area contributed by atoms with Gasteiger partial charge in [0.1, 0.15) is 10.4 Å². The Morgan fingerprint density at radius 1 is 1.20 bits per heavy atom. The van der Waals surface area contributed by atoms with Crippen molar-refractivity contribution in [3.63, 3.8) is 0 Å². The van der Waals surface area contributed by atoms with E-state index in [-0.39, 0.29) is 5.41 Å². The van der Waals surface area contributed by atoms with E-state index in [2.05, 4.69) is 82.9 Å². The zero-order valence-electron chi connectivity index (χ0n) is 12.8. The number of benzene rings is 1. The maximum atomic E-state index is 4.56. The van der Waals surface area contributed by atoms with Gasteiger partial charge in [0.15, 0.2) is 0 Å². The fourth-order valence-corrected chi connectivity index (χ4v) is 2.97. The van der Waals surface area contributed by atoms with Crippen LogP contribution in [-0.2, 0) is 19.0 Å². The minimum atomic E-state index is 0.180. The number of hydrogen-bond acceptors (Lipinski definition) is 2. The lowest BCUT2D eigenvalue weighted by Gasteiger charge is -2.19. The molecule has 3 nitrogen and oxygen atoms in total. The van der Waals surface area contributed by atoms with Crippen LogP contribution < -0.4 is 5.32 Å². The first-order valence-corrected chi connectivity index (χ1v) is 7.60. The molecule has 0 atom stereocenters. The molecule has 0 unspecified atom stereocenters. The molecule has 0 spiro atoms. The molecule has 0 aliphatic carbocycles. The second-order valence-electron chi connectivity index (χ2n) is 6.08. The summed E-state index contributed by atoms with van der Waals surface area (Å²) in [6, 6.07) is 8.75. The Morgan fingerprint density at radius 2 is 1.80 bits per heavy atom. The van der Waals surface area contributed by atoms with E-state index in [1.54, 1.807) is 0 Å². The van der Waals surface area contributed by atoms with Gasteiger partial charge < -0.3 is 9.88 Å². The molecular weight excluding hydrogens is 314 g/mol. The third-order valence-corrected chi connectivity index (χ3v) is 4.06. The Balaban J connectivity index is 2.42. The van der Waals surface area contributed by atoms with Gasteiger partial charge in [0.25, 0.3) is 0 Å². The van der Waals surface area contributed by atoms with Crippen molar-refractivity contribution in [2.24, 2.45) is 7.05 Å². The zero-order valence-corrected chi connectivity index (χ0v) is 14.4. The summed E-state index contributed by atoms with van der Waals surface area (Å²) < 4.78 is 3.03. The third kappa shape index (κ3) is 2.96. The van der Waals surface area contributed by atoms with Crippen LogP contribution in [0.25, 0.3) is 11.3 Å². The molecule has 0 aliphatic heterocycles. The van der Waals surface area contributed by atoms with Crippen LogP contribution in [0.1, 0.15) is 32.2 Å². The van der Waals surface area contributed by atoms with Gasteiger partial charge in [0.05, 0.1) is 12.2 Å². The maximum absolute atomic E-state index is 4.56. The van der Waals surface area contributed by atoms with Gasteiger partial charge in [-0.15, -0.1) is 0 Å². The van der Waals surface area contributed by atoms with Gasteiger partial charge in [-0.2, -0.15) is 0 Å². The molecule has 20 heavy (non-hydrogen) atoms. The van der Waals surface area contributed by atoms with E-state index in [0.717, 1.165) is 22.7 Å². The number of rotatable bonds is 3. The van der Waals surface area contributed by atoms with Crippen molar-refractivity contribution in [3.8, 4) is 11.3 Å². The molecule has 0 fully saturated rings. The molecule has 2 rings (SSSR count). The minimum absolute atomic E-state index is 0.180. The Bertz CT molecular complexity index is 591. The Kier molecular flexibility index (Phi) is 4.35. The highest BCUT2D eigenvalue weighted by atomic mass is 79.9. The normalized spacial score (nSPS) is 11.9. The molecule has 4 heteroatoms. The molecule has 1 heterocycles. The van der Waals surface area contributed by atoms with E-state index >= 15 is 0 Å². The highest BCUT2D eigenvalue weighted by molar-refractivity contribution is 9.10. The lowest BCUT2D eigenvalue weighted by Crippen LogP contribution is -2.11. The SMILES string of the molecule is CNCc1nc(Br)c(-c2ccc(C(C)(C)C)cc2)n1C. The van der Waals surface area contributed by atoms with E-state index in [1.807, 2.05) is 7.05 Å². The van der Waals surface area contributed by atoms with Crippen molar-refractivity contribution in [1.82, 2.24) is 14.9 Å². The fourth-order valence-electron chi connectivity index (χ4n) is 2.27. The standard InChI is InChI=1S/C16H22BrN3/c1-16(2,3)12-8-6-11(7-9-12)14-15(17)19-13(10-18-4)20(14)5/h6-9,18H,10H2,1-5H3. The van der Waals surface area contributed by atoms with E-state index in [4.69, 9.17) is 0 Å². The van der Waals surface area contributed by atoms with Gasteiger partial charge >= 0.3 is 0 Å². The van der Waals surface area contributed by atoms with Gasteiger partial charge in [0, 0.05) is 12.6 Å². The maximum Gasteiger partial charge on any atom is 0.132 e. The molecule has 0 amide bonds. The first-order valence-electron chi connectivity index (χ1n) is 6.81. The number of imidazole rings is 1. The van der Waals surface area contributed by atoms with Crippen LogP contribution in [0.4, 0.5) is 0 Å². The van der Waals surface area contributed by atoms with Crippen LogP contribution in [0.2, 0.25) is 0 Å². The highest BCUT2D eigenvalue weighted by Crippen LogP contribution is 2.30. The van der Waals surface area contributed by atoms with Crippen molar-refractivity contribution >= 4 is 15.9 Å². The first kappa shape index (κ1) is 15.3. The molecule has 0 radical (unpaired) electrons. The Morgan fingerprint density at radius 3 is 2.30 bits per heavy atom. The van der Waals surface area contributed by atoms with Gasteiger partial charge in [-0.05, 0) is 34.0 Å². The second-order valence-corrected chi connectivity index (χ2v) is 6.84. The molecule has 0 saturated heterocycles. The van der Waals surface area contributed by atoms with Crippen molar-refractivity contribution in [2.75, 3.05) is 7.05 Å². The van der Waals surface area contributed by atoms with Crippen molar-refractivity contribution in [3.05, 3.63) is 40.3 Å². The van der Waals surface area contributed by atoms with E-state index in [1.165, 1.54) is 11.1 Å². The Hall–Kier alpha value is -1.13. The number of aromatic nitrogens is 2. The molecular formula is C16H22BrN3. The van der Waals surface area contributed by atoms with Crippen molar-refractivity contribution in [2.45, 2.75) is 32.7 Å². The molecule has 1 N–H and O–H groups in total. The van der Waals surface area contributed by atoms with Crippen molar-refractivity contribution < 1.29 is 0 Å². The van der Waals surface area contributed by atoms with Crippen LogP contribution in [0.3, 0.4) is 0 Å². The molecule has 1 aromatic heterocycles. The number of hydrogen-bond donors (Lipinski definition) is 1. The second kappa shape index (κ2) is 5.70. The summed E-state index contributed by atoms with van der Waals surface area (Å²) in [4.78, 5) is 4.56. The average molecular weight is 336 g/mol. The molecule has 0 saturated carbocycles. The quantitative estimate of drug-likeness (QED) is 0.922. The summed E-state index contributed by atoms with van der Waals surface area (Å²) in [5.74, 6) is 1.02. The summed E-state index contributed by atoms with van der Waals surface area (Å²) in [6.07, 6.45) is 0. The van der Waals surface area contributed by atoms with Gasteiger partial charge in [0.2, 0.25) is 0 Å². The topological polar surface area (TPSA) is 29.9 Å². The smallest absolute Gasteiger partial charge is 0.132 e. The van der Waals surface area contributed by atoms with Crippen LogP contribution in [-0.4, -0.2) is 16.6 Å². The summed E-state index contributed by atoms with van der Waals surface area (Å²) >= 11 is 3.57. The van der Waals surface area contributed by atoms with Crippen LogP contribution >= 0.6 is 15.9 Å². The summed E-state index contributed by atoms with van der Waals surface area (Å²) in [5, 5.41) is 3.14. The third-order valence-electron chi connectivity index (χ3n) is 3.50. The van der Waals surface area contributed by atoms with Crippen molar-refractivity contribution in [1.29, 1.82) is 0 Å². The van der Waals surface area contributed by atoms with E-state index in [0.29, 0.717) is 0 Å².